The smallest absolute Gasteiger partial charge is 0.223 e. The third-order valence-electron chi connectivity index (χ3n) is 3.18. The van der Waals surface area contributed by atoms with E-state index in [9.17, 15) is 4.79 Å². The van der Waals surface area contributed by atoms with Crippen LogP contribution in [0.4, 0.5) is 0 Å². The van der Waals surface area contributed by atoms with Crippen LogP contribution in [-0.2, 0) is 0 Å². The molecule has 2 heterocycles. The van der Waals surface area contributed by atoms with Gasteiger partial charge in [0, 0.05) is 24.8 Å². The summed E-state index contributed by atoms with van der Waals surface area (Å²) in [5, 5.41) is 3.23. The fraction of sp³-hybridized carbons (Fsp3) is 0.583. The first-order valence-corrected chi connectivity index (χ1v) is 5.92. The van der Waals surface area contributed by atoms with Crippen LogP contribution in [0.1, 0.15) is 25.3 Å². The molecule has 0 radical (unpaired) electrons. The Balaban J connectivity index is 1.80. The summed E-state index contributed by atoms with van der Waals surface area (Å²) in [6.07, 6.45) is 7.29. The summed E-state index contributed by atoms with van der Waals surface area (Å²) in [6.45, 7) is 1.83. The maximum Gasteiger partial charge on any atom is 0.223 e. The number of hydrogen-bond donors (Lipinski definition) is 1. The Morgan fingerprint density at radius 3 is 2.94 bits per heavy atom. The number of nitrogens with zero attached hydrogens (tertiary/aromatic N) is 1. The zero-order chi connectivity index (χ0) is 11.0. The van der Waals surface area contributed by atoms with Crippen molar-refractivity contribution in [3.05, 3.63) is 28.7 Å². The molecule has 3 rings (SSSR count). The van der Waals surface area contributed by atoms with E-state index >= 15 is 0 Å². The molecule has 1 aliphatic carbocycles. The molecule has 4 nitrogen and oxygen atoms in total. The van der Waals surface area contributed by atoms with Crippen LogP contribution >= 0.6 is 0 Å². The molecule has 16 heavy (non-hydrogen) atoms. The van der Waals surface area contributed by atoms with Crippen molar-refractivity contribution in [1.82, 2.24) is 9.88 Å². The third-order valence-corrected chi connectivity index (χ3v) is 3.18. The van der Waals surface area contributed by atoms with Gasteiger partial charge in [-0.15, -0.1) is 0 Å². The highest BCUT2D eigenvalue weighted by Crippen LogP contribution is 2.34. The highest BCUT2D eigenvalue weighted by molar-refractivity contribution is 5.19. The van der Waals surface area contributed by atoms with Crippen LogP contribution < -0.4 is 15.5 Å². The molecular weight excluding hydrogens is 204 g/mol. The molecule has 1 unspecified atom stereocenters. The van der Waals surface area contributed by atoms with E-state index in [2.05, 4.69) is 9.88 Å². The summed E-state index contributed by atoms with van der Waals surface area (Å²) < 4.78 is 7.83. The Morgan fingerprint density at radius 1 is 1.38 bits per heavy atom. The lowest BCUT2D eigenvalue weighted by atomic mass is 10.3. The van der Waals surface area contributed by atoms with Gasteiger partial charge in [0.1, 0.15) is 6.10 Å². The van der Waals surface area contributed by atoms with Gasteiger partial charge in [0.05, 0.1) is 6.20 Å². The number of ether oxygens (including phenoxy) is 1. The van der Waals surface area contributed by atoms with E-state index in [1.54, 1.807) is 6.07 Å². The summed E-state index contributed by atoms with van der Waals surface area (Å²) in [6, 6.07) is 2.19. The SMILES string of the molecule is O=c1ccn(C2CC2)cc1OC1CCNC1. The largest absolute Gasteiger partial charge is 0.483 e. The molecule has 1 N–H and O–H groups in total. The van der Waals surface area contributed by atoms with E-state index in [4.69, 9.17) is 4.74 Å². The topological polar surface area (TPSA) is 43.3 Å². The fourth-order valence-electron chi connectivity index (χ4n) is 2.07. The minimum atomic E-state index is -0.0104. The Bertz CT molecular complexity index is 431. The van der Waals surface area contributed by atoms with Crippen LogP contribution in [0.25, 0.3) is 0 Å². The lowest BCUT2D eigenvalue weighted by Crippen LogP contribution is -2.23. The first-order chi connectivity index (χ1) is 7.83. The Kier molecular flexibility index (Phi) is 2.44. The van der Waals surface area contributed by atoms with Crippen molar-refractivity contribution in [3.8, 4) is 5.75 Å². The van der Waals surface area contributed by atoms with E-state index in [1.807, 2.05) is 12.4 Å². The van der Waals surface area contributed by atoms with Crippen LogP contribution in [-0.4, -0.2) is 23.8 Å². The van der Waals surface area contributed by atoms with Crippen molar-refractivity contribution in [1.29, 1.82) is 0 Å². The average Bonchev–Trinajstić information content (AvgIpc) is 3.01. The number of rotatable bonds is 3. The predicted molar refractivity (Wildman–Crippen MR) is 60.9 cm³/mol. The number of pyridine rings is 1. The van der Waals surface area contributed by atoms with Crippen LogP contribution in [0.3, 0.4) is 0 Å². The van der Waals surface area contributed by atoms with E-state index < -0.39 is 0 Å². The monoisotopic (exact) mass is 220 g/mol. The molecule has 1 saturated heterocycles. The first kappa shape index (κ1) is 9.90. The first-order valence-electron chi connectivity index (χ1n) is 5.92. The maximum atomic E-state index is 11.6. The minimum absolute atomic E-state index is 0.0104. The normalized spacial score (nSPS) is 24.6. The van der Waals surface area contributed by atoms with Crippen molar-refractivity contribution < 1.29 is 4.74 Å². The van der Waals surface area contributed by atoms with Crippen molar-refractivity contribution >= 4 is 0 Å². The predicted octanol–water partition coefficient (Wildman–Crippen LogP) is 0.924. The van der Waals surface area contributed by atoms with Crippen LogP contribution in [0.5, 0.6) is 5.75 Å². The second-order valence-electron chi connectivity index (χ2n) is 4.58. The van der Waals surface area contributed by atoms with Gasteiger partial charge in [-0.05, 0) is 25.8 Å². The Hall–Kier alpha value is -1.29. The maximum absolute atomic E-state index is 11.6. The van der Waals surface area contributed by atoms with Gasteiger partial charge in [0.2, 0.25) is 5.43 Å². The minimum Gasteiger partial charge on any atom is -0.483 e. The zero-order valence-corrected chi connectivity index (χ0v) is 9.19. The summed E-state index contributed by atoms with van der Waals surface area (Å²) in [4.78, 5) is 11.6. The van der Waals surface area contributed by atoms with Gasteiger partial charge in [-0.1, -0.05) is 0 Å². The molecular formula is C12H16N2O2. The van der Waals surface area contributed by atoms with Gasteiger partial charge in [-0.2, -0.15) is 0 Å². The lowest BCUT2D eigenvalue weighted by Gasteiger charge is -2.13. The summed E-state index contributed by atoms with van der Waals surface area (Å²) in [7, 11) is 0. The summed E-state index contributed by atoms with van der Waals surface area (Å²) in [5.41, 5.74) is -0.0104. The van der Waals surface area contributed by atoms with Crippen molar-refractivity contribution in [3.63, 3.8) is 0 Å². The summed E-state index contributed by atoms with van der Waals surface area (Å²) >= 11 is 0. The van der Waals surface area contributed by atoms with Gasteiger partial charge in [-0.25, -0.2) is 0 Å². The molecule has 1 aromatic rings. The van der Waals surface area contributed by atoms with Crippen molar-refractivity contribution in [2.75, 3.05) is 13.1 Å². The highest BCUT2D eigenvalue weighted by Gasteiger charge is 2.24. The van der Waals surface area contributed by atoms with E-state index in [1.165, 1.54) is 12.8 Å². The molecule has 4 heteroatoms. The number of aromatic nitrogens is 1. The molecule has 0 amide bonds. The number of hydrogen-bond acceptors (Lipinski definition) is 3. The fourth-order valence-corrected chi connectivity index (χ4v) is 2.07. The van der Waals surface area contributed by atoms with Crippen molar-refractivity contribution in [2.24, 2.45) is 0 Å². The standard InChI is InChI=1S/C12H16N2O2/c15-11-4-6-14(9-1-2-9)8-12(11)16-10-3-5-13-7-10/h4,6,8-10,13H,1-3,5,7H2. The van der Waals surface area contributed by atoms with E-state index in [0.29, 0.717) is 11.8 Å². The van der Waals surface area contributed by atoms with Gasteiger partial charge in [-0.3, -0.25) is 4.79 Å². The third kappa shape index (κ3) is 1.97. The van der Waals surface area contributed by atoms with Gasteiger partial charge in [0.25, 0.3) is 0 Å². The lowest BCUT2D eigenvalue weighted by molar-refractivity contribution is 0.219. The zero-order valence-electron chi connectivity index (χ0n) is 9.19. The van der Waals surface area contributed by atoms with Crippen molar-refractivity contribution in [2.45, 2.75) is 31.4 Å². The van der Waals surface area contributed by atoms with Crippen LogP contribution in [0, 0.1) is 0 Å². The summed E-state index contributed by atoms with van der Waals surface area (Å²) in [5.74, 6) is 0.503. The molecule has 0 bridgehead atoms. The molecule has 2 aliphatic rings. The van der Waals surface area contributed by atoms with Crippen LogP contribution in [0.15, 0.2) is 23.3 Å². The van der Waals surface area contributed by atoms with Gasteiger partial charge < -0.3 is 14.6 Å². The molecule has 1 saturated carbocycles. The molecule has 1 atom stereocenters. The average molecular weight is 220 g/mol. The van der Waals surface area contributed by atoms with Gasteiger partial charge >= 0.3 is 0 Å². The van der Waals surface area contributed by atoms with E-state index in [-0.39, 0.29) is 11.5 Å². The number of nitrogens with one attached hydrogen (secondary N) is 1. The van der Waals surface area contributed by atoms with Crippen LogP contribution in [0.2, 0.25) is 0 Å². The second-order valence-corrected chi connectivity index (χ2v) is 4.58. The Morgan fingerprint density at radius 2 is 2.25 bits per heavy atom. The Labute approximate surface area is 94.2 Å². The molecule has 2 fully saturated rings. The molecule has 0 spiro atoms. The molecule has 86 valence electrons. The molecule has 0 aromatic carbocycles. The highest BCUT2D eigenvalue weighted by atomic mass is 16.5. The van der Waals surface area contributed by atoms with E-state index in [0.717, 1.165) is 19.5 Å². The quantitative estimate of drug-likeness (QED) is 0.824. The molecule has 1 aromatic heterocycles. The van der Waals surface area contributed by atoms with Gasteiger partial charge in [0.15, 0.2) is 5.75 Å². The second kappa shape index (κ2) is 3.94. The molecule has 1 aliphatic heterocycles.